The SMILES string of the molecule is COc1ccccc1NC(=O)N1Cc2c(C)nn(-c3ccccc3)c2-n2cccc2[C@@H]1c1ccccc1. The summed E-state index contributed by atoms with van der Waals surface area (Å²) in [4.78, 5) is 15.9. The van der Waals surface area contributed by atoms with Crippen molar-refractivity contribution >= 4 is 11.7 Å². The van der Waals surface area contributed by atoms with Crippen LogP contribution in [0.1, 0.15) is 28.6 Å². The van der Waals surface area contributed by atoms with Crippen LogP contribution in [0.4, 0.5) is 10.5 Å². The Hall–Kier alpha value is -4.78. The molecule has 7 nitrogen and oxygen atoms in total. The first-order chi connectivity index (χ1) is 18.2. The van der Waals surface area contributed by atoms with E-state index in [0.29, 0.717) is 18.0 Å². The Bertz CT molecular complexity index is 1560. The van der Waals surface area contributed by atoms with Crippen LogP contribution in [0, 0.1) is 6.92 Å². The van der Waals surface area contributed by atoms with Crippen LogP contribution in [-0.2, 0) is 6.54 Å². The summed E-state index contributed by atoms with van der Waals surface area (Å²) in [6, 6.07) is 31.2. The summed E-state index contributed by atoms with van der Waals surface area (Å²) in [6.07, 6.45) is 2.05. The molecular weight excluding hydrogens is 462 g/mol. The zero-order valence-corrected chi connectivity index (χ0v) is 20.7. The predicted octanol–water partition coefficient (Wildman–Crippen LogP) is 6.12. The summed E-state index contributed by atoms with van der Waals surface area (Å²) in [7, 11) is 1.60. The zero-order chi connectivity index (χ0) is 25.4. The average Bonchev–Trinajstić information content (AvgIpc) is 3.50. The number of nitrogens with zero attached hydrogens (tertiary/aromatic N) is 4. The molecule has 0 saturated heterocycles. The number of aryl methyl sites for hydroxylation is 1. The number of rotatable bonds is 4. The molecule has 1 aliphatic heterocycles. The van der Waals surface area contributed by atoms with Gasteiger partial charge in [0, 0.05) is 11.8 Å². The molecule has 0 saturated carbocycles. The second-order valence-electron chi connectivity index (χ2n) is 9.01. The van der Waals surface area contributed by atoms with Gasteiger partial charge in [-0.25, -0.2) is 9.48 Å². The van der Waals surface area contributed by atoms with Gasteiger partial charge in [-0.05, 0) is 48.9 Å². The molecule has 0 radical (unpaired) electrons. The monoisotopic (exact) mass is 489 g/mol. The molecule has 1 aliphatic rings. The number of carbonyl (C=O) groups excluding carboxylic acids is 1. The first-order valence-corrected chi connectivity index (χ1v) is 12.2. The van der Waals surface area contributed by atoms with E-state index in [1.54, 1.807) is 7.11 Å². The minimum atomic E-state index is -0.318. The fourth-order valence-corrected chi connectivity index (χ4v) is 5.07. The molecule has 2 aromatic heterocycles. The van der Waals surface area contributed by atoms with Crippen LogP contribution in [-0.4, -0.2) is 32.4 Å². The quantitative estimate of drug-likeness (QED) is 0.331. The van der Waals surface area contributed by atoms with E-state index < -0.39 is 0 Å². The summed E-state index contributed by atoms with van der Waals surface area (Å²) in [5, 5.41) is 8.00. The van der Waals surface area contributed by atoms with Crippen LogP contribution in [0.2, 0.25) is 0 Å². The van der Waals surface area contributed by atoms with Gasteiger partial charge in [0.25, 0.3) is 0 Å². The van der Waals surface area contributed by atoms with E-state index in [0.717, 1.165) is 34.0 Å². The van der Waals surface area contributed by atoms with Crippen molar-refractivity contribution in [2.24, 2.45) is 0 Å². The molecule has 0 unspecified atom stereocenters. The number of urea groups is 1. The van der Waals surface area contributed by atoms with Crippen molar-refractivity contribution in [3.8, 4) is 17.3 Å². The van der Waals surface area contributed by atoms with Gasteiger partial charge in [0.05, 0.1) is 42.5 Å². The number of hydrogen-bond acceptors (Lipinski definition) is 3. The standard InChI is InChI=1S/C30H27N5O2/c1-21-24-20-34(30(36)31-25-16-9-10-18-27(25)37-2)28(22-12-5-3-6-13-22)26-17-11-19-33(26)29(24)35(32-21)23-14-7-4-8-15-23/h3-19,28H,20H2,1-2H3,(H,31,36)/t28-/m0/s1. The minimum Gasteiger partial charge on any atom is -0.495 e. The van der Waals surface area contributed by atoms with E-state index in [2.05, 4.69) is 28.1 Å². The summed E-state index contributed by atoms with van der Waals surface area (Å²) >= 11 is 0. The molecule has 37 heavy (non-hydrogen) atoms. The molecule has 0 aliphatic carbocycles. The number of fused-ring (bicyclic) bond motifs is 3. The van der Waals surface area contributed by atoms with Crippen LogP contribution in [0.3, 0.4) is 0 Å². The number of methoxy groups -OCH3 is 1. The largest absolute Gasteiger partial charge is 0.495 e. The average molecular weight is 490 g/mol. The predicted molar refractivity (Wildman–Crippen MR) is 143 cm³/mol. The number of hydrogen-bond donors (Lipinski definition) is 1. The number of carbonyl (C=O) groups is 1. The molecule has 3 heterocycles. The van der Waals surface area contributed by atoms with Gasteiger partial charge in [0.1, 0.15) is 11.6 Å². The van der Waals surface area contributed by atoms with Crippen molar-refractivity contribution < 1.29 is 9.53 Å². The fourth-order valence-electron chi connectivity index (χ4n) is 5.07. The van der Waals surface area contributed by atoms with Gasteiger partial charge in [-0.3, -0.25) is 0 Å². The second kappa shape index (κ2) is 9.35. The molecule has 7 heteroatoms. The molecule has 5 aromatic rings. The van der Waals surface area contributed by atoms with E-state index in [4.69, 9.17) is 9.84 Å². The Kier molecular flexibility index (Phi) is 5.73. The van der Waals surface area contributed by atoms with Crippen LogP contribution in [0.25, 0.3) is 11.5 Å². The third kappa shape index (κ3) is 3.94. The Morgan fingerprint density at radius 2 is 1.62 bits per heavy atom. The summed E-state index contributed by atoms with van der Waals surface area (Å²) in [6.45, 7) is 2.39. The van der Waals surface area contributed by atoms with Gasteiger partial charge in [0.15, 0.2) is 0 Å². The lowest BCUT2D eigenvalue weighted by atomic mass is 10.0. The van der Waals surface area contributed by atoms with Crippen molar-refractivity contribution in [1.29, 1.82) is 0 Å². The van der Waals surface area contributed by atoms with Gasteiger partial charge in [-0.1, -0.05) is 60.7 Å². The van der Waals surface area contributed by atoms with Gasteiger partial charge in [-0.2, -0.15) is 5.10 Å². The third-order valence-corrected chi connectivity index (χ3v) is 6.81. The lowest BCUT2D eigenvalue weighted by molar-refractivity contribution is 0.194. The van der Waals surface area contributed by atoms with Crippen molar-refractivity contribution in [2.75, 3.05) is 12.4 Å². The third-order valence-electron chi connectivity index (χ3n) is 6.81. The molecule has 0 bridgehead atoms. The first kappa shape index (κ1) is 22.7. The van der Waals surface area contributed by atoms with Crippen molar-refractivity contribution in [1.82, 2.24) is 19.2 Å². The van der Waals surface area contributed by atoms with Gasteiger partial charge < -0.3 is 19.5 Å². The van der Waals surface area contributed by atoms with E-state index >= 15 is 0 Å². The fraction of sp³-hybridized carbons (Fsp3) is 0.133. The van der Waals surface area contributed by atoms with E-state index in [-0.39, 0.29) is 12.1 Å². The molecular formula is C30H27N5O2. The lowest BCUT2D eigenvalue weighted by Crippen LogP contribution is -2.38. The first-order valence-electron chi connectivity index (χ1n) is 12.2. The van der Waals surface area contributed by atoms with Gasteiger partial charge >= 0.3 is 6.03 Å². The molecule has 3 aromatic carbocycles. The van der Waals surface area contributed by atoms with Crippen molar-refractivity contribution in [3.05, 3.63) is 126 Å². The molecule has 184 valence electrons. The zero-order valence-electron chi connectivity index (χ0n) is 20.7. The van der Waals surface area contributed by atoms with E-state index in [1.807, 2.05) is 102 Å². The number of amides is 2. The molecule has 0 fully saturated rings. The summed E-state index contributed by atoms with van der Waals surface area (Å²) < 4.78 is 9.62. The van der Waals surface area contributed by atoms with Gasteiger partial charge in [-0.15, -0.1) is 0 Å². The van der Waals surface area contributed by atoms with Crippen LogP contribution < -0.4 is 10.1 Å². The van der Waals surface area contributed by atoms with Crippen LogP contribution in [0.15, 0.2) is 103 Å². The molecule has 1 N–H and O–H groups in total. The Balaban J connectivity index is 1.53. The van der Waals surface area contributed by atoms with Crippen LogP contribution in [0.5, 0.6) is 5.75 Å². The van der Waals surface area contributed by atoms with E-state index in [9.17, 15) is 4.79 Å². The maximum Gasteiger partial charge on any atom is 0.323 e. The van der Waals surface area contributed by atoms with E-state index in [1.165, 1.54) is 0 Å². The Morgan fingerprint density at radius 3 is 2.38 bits per heavy atom. The van der Waals surface area contributed by atoms with Crippen molar-refractivity contribution in [2.45, 2.75) is 19.5 Å². The lowest BCUT2D eigenvalue weighted by Gasteiger charge is -2.31. The number of nitrogens with one attached hydrogen (secondary N) is 1. The number of para-hydroxylation sites is 3. The second-order valence-corrected chi connectivity index (χ2v) is 9.01. The number of benzene rings is 3. The summed E-state index contributed by atoms with van der Waals surface area (Å²) in [5.74, 6) is 1.55. The normalized spacial score (nSPS) is 14.4. The highest BCUT2D eigenvalue weighted by Crippen LogP contribution is 2.39. The van der Waals surface area contributed by atoms with Crippen LogP contribution >= 0.6 is 0 Å². The summed E-state index contributed by atoms with van der Waals surface area (Å²) in [5.41, 5.74) is 5.47. The number of ether oxygens (including phenoxy) is 1. The van der Waals surface area contributed by atoms with Crippen molar-refractivity contribution in [3.63, 3.8) is 0 Å². The molecule has 1 atom stereocenters. The molecule has 2 amide bonds. The smallest absolute Gasteiger partial charge is 0.323 e. The topological polar surface area (TPSA) is 64.3 Å². The number of aromatic nitrogens is 3. The Labute approximate surface area is 215 Å². The highest BCUT2D eigenvalue weighted by Gasteiger charge is 2.36. The van der Waals surface area contributed by atoms with Gasteiger partial charge in [0.2, 0.25) is 0 Å². The molecule has 6 rings (SSSR count). The minimum absolute atomic E-state index is 0.217. The molecule has 0 spiro atoms. The maximum atomic E-state index is 14.0. The highest BCUT2D eigenvalue weighted by atomic mass is 16.5. The Morgan fingerprint density at radius 1 is 0.919 bits per heavy atom. The maximum absolute atomic E-state index is 14.0. The highest BCUT2D eigenvalue weighted by molar-refractivity contribution is 5.91. The number of anilines is 1.